The summed E-state index contributed by atoms with van der Waals surface area (Å²) in [4.78, 5) is 23.3. The summed E-state index contributed by atoms with van der Waals surface area (Å²) in [5, 5.41) is 13.7. The Morgan fingerprint density at radius 1 is 1.15 bits per heavy atom. The van der Waals surface area contributed by atoms with Crippen molar-refractivity contribution < 1.29 is 14.7 Å². The van der Waals surface area contributed by atoms with Gasteiger partial charge >= 0.3 is 5.97 Å². The molecule has 1 aromatic heterocycles. The topological polar surface area (TPSA) is 66.4 Å². The molecule has 4 nitrogen and oxygen atoms in total. The third-order valence-corrected chi connectivity index (χ3v) is 6.86. The molecule has 104 valence electrons. The van der Waals surface area contributed by atoms with E-state index < -0.39 is 5.97 Å². The van der Waals surface area contributed by atoms with Crippen molar-refractivity contribution in [2.24, 2.45) is 0 Å². The summed E-state index contributed by atoms with van der Waals surface area (Å²) < 4.78 is 2.81. The second-order valence-electron chi connectivity index (χ2n) is 3.67. The molecule has 0 aliphatic heterocycles. The van der Waals surface area contributed by atoms with Gasteiger partial charge in [0.05, 0.1) is 11.1 Å². The third-order valence-electron chi connectivity index (χ3n) is 2.36. The second kappa shape index (κ2) is 6.87. The van der Waals surface area contributed by atoms with Gasteiger partial charge in [-0.1, -0.05) is 0 Å². The summed E-state index contributed by atoms with van der Waals surface area (Å²) >= 11 is 7.63. The van der Waals surface area contributed by atoms with Gasteiger partial charge in [-0.05, 0) is 91.4 Å². The lowest BCUT2D eigenvalue weighted by molar-refractivity contribution is 0.0698. The number of halogens is 3. The van der Waals surface area contributed by atoms with Crippen LogP contribution in [0.1, 0.15) is 20.7 Å². The van der Waals surface area contributed by atoms with Gasteiger partial charge in [0.25, 0.3) is 5.91 Å². The number of anilines is 1. The van der Waals surface area contributed by atoms with E-state index in [1.54, 1.807) is 11.4 Å². The van der Waals surface area contributed by atoms with Gasteiger partial charge in [0.2, 0.25) is 0 Å². The van der Waals surface area contributed by atoms with E-state index in [0.717, 1.165) is 10.7 Å². The molecule has 1 aromatic carbocycles. The number of carboxylic acid groups (broad SMARTS) is 1. The lowest BCUT2D eigenvalue weighted by Crippen LogP contribution is -2.15. The van der Waals surface area contributed by atoms with E-state index in [0.29, 0.717) is 10.6 Å². The van der Waals surface area contributed by atoms with Crippen LogP contribution in [0.3, 0.4) is 0 Å². The molecule has 0 saturated heterocycles. The number of rotatable bonds is 3. The first-order valence-electron chi connectivity index (χ1n) is 5.17. The monoisotopic (exact) mass is 625 g/mol. The van der Waals surface area contributed by atoms with E-state index in [-0.39, 0.29) is 11.5 Å². The van der Waals surface area contributed by atoms with Gasteiger partial charge in [0.1, 0.15) is 5.00 Å². The van der Waals surface area contributed by atoms with Crippen molar-refractivity contribution in [3.05, 3.63) is 45.4 Å². The number of nitrogens with one attached hydrogen (secondary N) is 1. The zero-order valence-electron chi connectivity index (χ0n) is 9.62. The van der Waals surface area contributed by atoms with Gasteiger partial charge in [0.15, 0.2) is 0 Å². The summed E-state index contributed by atoms with van der Waals surface area (Å²) in [6, 6.07) is 5.24. The van der Waals surface area contributed by atoms with Crippen molar-refractivity contribution in [2.75, 3.05) is 5.32 Å². The highest BCUT2D eigenvalue weighted by Crippen LogP contribution is 2.27. The summed E-state index contributed by atoms with van der Waals surface area (Å²) in [5.41, 5.74) is 0.658. The van der Waals surface area contributed by atoms with Crippen LogP contribution in [0.2, 0.25) is 0 Å². The molecule has 20 heavy (non-hydrogen) atoms. The maximum Gasteiger partial charge on any atom is 0.338 e. The Balaban J connectivity index is 2.33. The first-order valence-corrected chi connectivity index (χ1v) is 9.28. The molecule has 0 unspecified atom stereocenters. The second-order valence-corrected chi connectivity index (χ2v) is 8.07. The quantitative estimate of drug-likeness (QED) is 0.390. The molecule has 1 heterocycles. The molecule has 2 rings (SSSR count). The molecule has 0 fully saturated rings. The van der Waals surface area contributed by atoms with Crippen LogP contribution in [0, 0.1) is 10.7 Å². The number of aromatic carboxylic acids is 1. The van der Waals surface area contributed by atoms with Crippen molar-refractivity contribution >= 4 is 96.0 Å². The summed E-state index contributed by atoms with van der Waals surface area (Å²) in [5.74, 6) is -1.34. The lowest BCUT2D eigenvalue weighted by Gasteiger charge is -2.08. The Hall–Kier alpha value is 0.0500. The fourth-order valence-electron chi connectivity index (χ4n) is 1.47. The van der Waals surface area contributed by atoms with Crippen LogP contribution < -0.4 is 5.32 Å². The van der Waals surface area contributed by atoms with Crippen molar-refractivity contribution in [3.8, 4) is 0 Å². The standard InChI is InChI=1S/C12H6I3NO3S/c13-5-3-7(9(15)8(14)4-5)10(17)16-11-6(12(18)19)1-2-20-11/h1-4H,(H,16,17)(H,18,19). The summed E-state index contributed by atoms with van der Waals surface area (Å²) in [6.07, 6.45) is 0. The highest BCUT2D eigenvalue weighted by molar-refractivity contribution is 14.1. The predicted molar refractivity (Wildman–Crippen MR) is 104 cm³/mol. The number of hydrogen-bond donors (Lipinski definition) is 2. The SMILES string of the molecule is O=C(O)c1ccsc1NC(=O)c1cc(I)cc(I)c1I. The van der Waals surface area contributed by atoms with E-state index in [1.807, 2.05) is 6.07 Å². The molecule has 0 aliphatic rings. The van der Waals surface area contributed by atoms with Crippen molar-refractivity contribution in [1.82, 2.24) is 0 Å². The zero-order chi connectivity index (χ0) is 14.9. The zero-order valence-corrected chi connectivity index (χ0v) is 16.9. The average molecular weight is 625 g/mol. The minimum atomic E-state index is -1.05. The Labute approximate surface area is 159 Å². The van der Waals surface area contributed by atoms with Crippen LogP contribution in [-0.4, -0.2) is 17.0 Å². The molecule has 0 aliphatic carbocycles. The molecular weight excluding hydrogens is 619 g/mol. The number of carbonyl (C=O) groups is 2. The number of thiophene rings is 1. The largest absolute Gasteiger partial charge is 0.478 e. The molecule has 2 aromatic rings. The number of carbonyl (C=O) groups excluding carboxylic acids is 1. The number of amides is 1. The third kappa shape index (κ3) is 3.62. The smallest absolute Gasteiger partial charge is 0.338 e. The van der Waals surface area contributed by atoms with Gasteiger partial charge < -0.3 is 10.4 Å². The van der Waals surface area contributed by atoms with E-state index in [4.69, 9.17) is 5.11 Å². The van der Waals surface area contributed by atoms with E-state index in [1.165, 1.54) is 17.4 Å². The fraction of sp³-hybridized carbons (Fsp3) is 0. The van der Waals surface area contributed by atoms with E-state index >= 15 is 0 Å². The van der Waals surface area contributed by atoms with Crippen molar-refractivity contribution in [2.45, 2.75) is 0 Å². The van der Waals surface area contributed by atoms with Gasteiger partial charge in [-0.2, -0.15) is 0 Å². The molecular formula is C12H6I3NO3S. The minimum absolute atomic E-state index is 0.110. The Morgan fingerprint density at radius 2 is 1.85 bits per heavy atom. The Bertz CT molecular complexity index is 699. The summed E-state index contributed by atoms with van der Waals surface area (Å²) in [6.45, 7) is 0. The van der Waals surface area contributed by atoms with Crippen LogP contribution in [0.5, 0.6) is 0 Å². The van der Waals surface area contributed by atoms with E-state index in [2.05, 4.69) is 73.1 Å². The van der Waals surface area contributed by atoms with Gasteiger partial charge in [-0.15, -0.1) is 11.3 Å². The highest BCUT2D eigenvalue weighted by atomic mass is 127. The predicted octanol–water partition coefficient (Wildman–Crippen LogP) is 4.51. The van der Waals surface area contributed by atoms with Crippen LogP contribution in [0.4, 0.5) is 5.00 Å². The molecule has 2 N–H and O–H groups in total. The van der Waals surface area contributed by atoms with Crippen LogP contribution in [0.25, 0.3) is 0 Å². The minimum Gasteiger partial charge on any atom is -0.478 e. The van der Waals surface area contributed by atoms with Gasteiger partial charge in [-0.25, -0.2) is 4.79 Å². The van der Waals surface area contributed by atoms with Crippen molar-refractivity contribution in [3.63, 3.8) is 0 Å². The molecule has 0 radical (unpaired) electrons. The van der Waals surface area contributed by atoms with Crippen LogP contribution >= 0.6 is 79.1 Å². The summed E-state index contributed by atoms with van der Waals surface area (Å²) in [7, 11) is 0. The molecule has 0 atom stereocenters. The first kappa shape index (κ1) is 16.4. The maximum atomic E-state index is 12.3. The van der Waals surface area contributed by atoms with Crippen molar-refractivity contribution in [1.29, 1.82) is 0 Å². The van der Waals surface area contributed by atoms with Gasteiger partial charge in [0, 0.05) is 10.7 Å². The maximum absolute atomic E-state index is 12.3. The Morgan fingerprint density at radius 3 is 2.50 bits per heavy atom. The first-order chi connectivity index (χ1) is 9.40. The number of hydrogen-bond acceptors (Lipinski definition) is 3. The normalized spacial score (nSPS) is 10.3. The molecule has 8 heteroatoms. The van der Waals surface area contributed by atoms with Crippen LogP contribution in [-0.2, 0) is 0 Å². The molecule has 0 saturated carbocycles. The Kier molecular flexibility index (Phi) is 5.64. The van der Waals surface area contributed by atoms with E-state index in [9.17, 15) is 9.59 Å². The highest BCUT2D eigenvalue weighted by Gasteiger charge is 2.18. The molecule has 0 spiro atoms. The number of carboxylic acids is 1. The van der Waals surface area contributed by atoms with Crippen LogP contribution in [0.15, 0.2) is 23.6 Å². The average Bonchev–Trinajstić information content (AvgIpc) is 2.81. The lowest BCUT2D eigenvalue weighted by atomic mass is 10.2. The molecule has 1 amide bonds. The fourth-order valence-corrected chi connectivity index (χ4v) is 4.64. The molecule has 0 bridgehead atoms. The number of benzene rings is 1. The van der Waals surface area contributed by atoms with Gasteiger partial charge in [-0.3, -0.25) is 4.79 Å².